The van der Waals surface area contributed by atoms with Gasteiger partial charge in [0.25, 0.3) is 0 Å². The van der Waals surface area contributed by atoms with Gasteiger partial charge in [-0.1, -0.05) is 12.1 Å². The minimum atomic E-state index is 0.0917. The molecular weight excluding hydrogens is 190 g/mol. The maximum atomic E-state index is 11.1. The number of hydrogen-bond acceptors (Lipinski definition) is 3. The second-order valence-electron chi connectivity index (χ2n) is 3.64. The summed E-state index contributed by atoms with van der Waals surface area (Å²) < 4.78 is 0. The first kappa shape index (κ1) is 9.98. The third-order valence-electron chi connectivity index (χ3n) is 2.43. The van der Waals surface area contributed by atoms with Crippen LogP contribution in [-0.4, -0.2) is 19.5 Å². The molecule has 4 heteroatoms. The van der Waals surface area contributed by atoms with E-state index in [2.05, 4.69) is 22.9 Å². The molecule has 1 aromatic rings. The van der Waals surface area contributed by atoms with Crippen molar-refractivity contribution in [1.29, 1.82) is 0 Å². The van der Waals surface area contributed by atoms with E-state index < -0.39 is 0 Å². The zero-order valence-electron chi connectivity index (χ0n) is 8.79. The number of nitrogens with one attached hydrogen (secondary N) is 2. The van der Waals surface area contributed by atoms with E-state index in [1.54, 1.807) is 0 Å². The highest BCUT2D eigenvalue weighted by Crippen LogP contribution is 2.17. The summed E-state index contributed by atoms with van der Waals surface area (Å²) in [6, 6.07) is 8.16. The van der Waals surface area contributed by atoms with Gasteiger partial charge in [0.2, 0.25) is 5.91 Å². The van der Waals surface area contributed by atoms with Crippen molar-refractivity contribution in [2.45, 2.75) is 13.0 Å². The fourth-order valence-corrected chi connectivity index (χ4v) is 1.71. The molecule has 1 fully saturated rings. The lowest BCUT2D eigenvalue weighted by Crippen LogP contribution is -2.32. The molecule has 2 rings (SSSR count). The fourth-order valence-electron chi connectivity index (χ4n) is 1.71. The zero-order chi connectivity index (χ0) is 10.7. The monoisotopic (exact) mass is 205 g/mol. The molecule has 0 radical (unpaired) electrons. The molecule has 0 bridgehead atoms. The van der Waals surface area contributed by atoms with Gasteiger partial charge in [-0.05, 0) is 24.7 Å². The van der Waals surface area contributed by atoms with E-state index in [0.717, 1.165) is 18.8 Å². The summed E-state index contributed by atoms with van der Waals surface area (Å²) in [6.45, 7) is 1.59. The maximum Gasteiger partial charge on any atom is 0.240 e. The summed E-state index contributed by atoms with van der Waals surface area (Å²) in [4.78, 5) is 11.1. The largest absolute Gasteiger partial charge is 0.316 e. The van der Waals surface area contributed by atoms with Crippen LogP contribution in [-0.2, 0) is 11.3 Å². The highest BCUT2D eigenvalue weighted by molar-refractivity contribution is 5.81. The Labute approximate surface area is 89.2 Å². The van der Waals surface area contributed by atoms with Crippen LogP contribution < -0.4 is 15.8 Å². The SMILES string of the molecule is CNCc1cccc(N2CCC(=O)N2)c1. The Morgan fingerprint density at radius 3 is 3.07 bits per heavy atom. The van der Waals surface area contributed by atoms with Crippen LogP contribution in [0.25, 0.3) is 0 Å². The first-order valence-electron chi connectivity index (χ1n) is 5.10. The fraction of sp³-hybridized carbons (Fsp3) is 0.364. The summed E-state index contributed by atoms with van der Waals surface area (Å²) in [7, 11) is 1.92. The van der Waals surface area contributed by atoms with Gasteiger partial charge in [0.05, 0.1) is 5.69 Å². The van der Waals surface area contributed by atoms with Gasteiger partial charge >= 0.3 is 0 Å². The first-order valence-corrected chi connectivity index (χ1v) is 5.10. The van der Waals surface area contributed by atoms with Crippen molar-refractivity contribution in [1.82, 2.24) is 10.7 Å². The summed E-state index contributed by atoms with van der Waals surface area (Å²) in [5, 5.41) is 5.00. The number of hydrogen-bond donors (Lipinski definition) is 2. The van der Waals surface area contributed by atoms with E-state index in [1.165, 1.54) is 5.56 Å². The summed E-state index contributed by atoms with van der Waals surface area (Å²) in [6.07, 6.45) is 0.580. The number of nitrogens with zero attached hydrogens (tertiary/aromatic N) is 1. The quantitative estimate of drug-likeness (QED) is 0.761. The van der Waals surface area contributed by atoms with Crippen molar-refractivity contribution in [2.24, 2.45) is 0 Å². The Hall–Kier alpha value is -1.55. The number of anilines is 1. The lowest BCUT2D eigenvalue weighted by Gasteiger charge is -2.17. The van der Waals surface area contributed by atoms with E-state index in [1.807, 2.05) is 24.2 Å². The second-order valence-corrected chi connectivity index (χ2v) is 3.64. The Bertz CT molecular complexity index is 365. The molecule has 1 aliphatic heterocycles. The second kappa shape index (κ2) is 4.31. The number of benzene rings is 1. The molecule has 0 saturated carbocycles. The average Bonchev–Trinajstić information content (AvgIpc) is 2.66. The Balaban J connectivity index is 2.14. The van der Waals surface area contributed by atoms with Crippen molar-refractivity contribution in [3.8, 4) is 0 Å². The topological polar surface area (TPSA) is 44.4 Å². The number of carbonyl (C=O) groups excluding carboxylic acids is 1. The predicted octanol–water partition coefficient (Wildman–Crippen LogP) is 0.647. The van der Waals surface area contributed by atoms with Crippen LogP contribution in [0.5, 0.6) is 0 Å². The number of amides is 1. The van der Waals surface area contributed by atoms with E-state index in [9.17, 15) is 4.79 Å². The molecule has 1 aliphatic rings. The summed E-state index contributed by atoms with van der Waals surface area (Å²) in [5.41, 5.74) is 5.08. The van der Waals surface area contributed by atoms with Gasteiger partial charge < -0.3 is 5.32 Å². The van der Waals surface area contributed by atoms with Crippen LogP contribution in [0.3, 0.4) is 0 Å². The molecule has 15 heavy (non-hydrogen) atoms. The van der Waals surface area contributed by atoms with Gasteiger partial charge in [-0.3, -0.25) is 15.2 Å². The highest BCUT2D eigenvalue weighted by atomic mass is 16.2. The van der Waals surface area contributed by atoms with Gasteiger partial charge in [0, 0.05) is 19.5 Å². The number of rotatable bonds is 3. The van der Waals surface area contributed by atoms with Crippen molar-refractivity contribution in [3.05, 3.63) is 29.8 Å². The van der Waals surface area contributed by atoms with Crippen LogP contribution in [0.2, 0.25) is 0 Å². The van der Waals surface area contributed by atoms with Gasteiger partial charge in [-0.25, -0.2) is 0 Å². The molecule has 1 saturated heterocycles. The standard InChI is InChI=1S/C11H15N3O/c1-12-8-9-3-2-4-10(7-9)14-6-5-11(15)13-14/h2-4,7,12H,5-6,8H2,1H3,(H,13,15). The van der Waals surface area contributed by atoms with Gasteiger partial charge in [0.1, 0.15) is 0 Å². The number of hydrazine groups is 1. The third-order valence-corrected chi connectivity index (χ3v) is 2.43. The van der Waals surface area contributed by atoms with Crippen LogP contribution in [0.15, 0.2) is 24.3 Å². The summed E-state index contributed by atoms with van der Waals surface area (Å²) in [5.74, 6) is 0.0917. The minimum absolute atomic E-state index is 0.0917. The third kappa shape index (κ3) is 2.27. The molecule has 0 aliphatic carbocycles. The molecule has 1 heterocycles. The first-order chi connectivity index (χ1) is 7.29. The smallest absolute Gasteiger partial charge is 0.240 e. The summed E-state index contributed by atoms with van der Waals surface area (Å²) >= 11 is 0. The van der Waals surface area contributed by atoms with Gasteiger partial charge in [0.15, 0.2) is 0 Å². The zero-order valence-corrected chi connectivity index (χ0v) is 8.79. The van der Waals surface area contributed by atoms with E-state index >= 15 is 0 Å². The molecule has 0 spiro atoms. The molecule has 1 aromatic carbocycles. The molecule has 80 valence electrons. The van der Waals surface area contributed by atoms with Crippen LogP contribution in [0.4, 0.5) is 5.69 Å². The number of carbonyl (C=O) groups is 1. The lowest BCUT2D eigenvalue weighted by molar-refractivity contribution is -0.119. The normalized spacial score (nSPS) is 15.5. The van der Waals surface area contributed by atoms with E-state index in [-0.39, 0.29) is 5.91 Å². The molecule has 4 nitrogen and oxygen atoms in total. The van der Waals surface area contributed by atoms with Crippen LogP contribution >= 0.6 is 0 Å². The van der Waals surface area contributed by atoms with Crippen molar-refractivity contribution in [2.75, 3.05) is 18.6 Å². The highest BCUT2D eigenvalue weighted by Gasteiger charge is 2.18. The van der Waals surface area contributed by atoms with Gasteiger partial charge in [-0.15, -0.1) is 0 Å². The molecule has 0 aromatic heterocycles. The van der Waals surface area contributed by atoms with Gasteiger partial charge in [-0.2, -0.15) is 0 Å². The Morgan fingerprint density at radius 1 is 1.53 bits per heavy atom. The van der Waals surface area contributed by atoms with Crippen LogP contribution in [0.1, 0.15) is 12.0 Å². The Kier molecular flexibility index (Phi) is 2.87. The van der Waals surface area contributed by atoms with Crippen molar-refractivity contribution < 1.29 is 4.79 Å². The Morgan fingerprint density at radius 2 is 2.40 bits per heavy atom. The molecule has 0 atom stereocenters. The predicted molar refractivity (Wildman–Crippen MR) is 59.3 cm³/mol. The minimum Gasteiger partial charge on any atom is -0.316 e. The molecule has 2 N–H and O–H groups in total. The van der Waals surface area contributed by atoms with Crippen molar-refractivity contribution >= 4 is 11.6 Å². The lowest BCUT2D eigenvalue weighted by atomic mass is 10.2. The van der Waals surface area contributed by atoms with E-state index in [4.69, 9.17) is 0 Å². The molecular formula is C11H15N3O. The molecule has 1 amide bonds. The maximum absolute atomic E-state index is 11.1. The average molecular weight is 205 g/mol. The molecule has 0 unspecified atom stereocenters. The van der Waals surface area contributed by atoms with E-state index in [0.29, 0.717) is 6.42 Å². The van der Waals surface area contributed by atoms with Crippen molar-refractivity contribution in [3.63, 3.8) is 0 Å². The van der Waals surface area contributed by atoms with Crippen LogP contribution in [0, 0.1) is 0 Å².